The maximum Gasteiger partial charge on any atom is 0.322 e. The standard InChI is InChI=1S/C24H32N6O/c1-18-25-16-20(21(26-18)29-14-7-15-29)30-17-23(27-22(30)31)10-12-24(13-11-23,28(2)3)19-8-5-4-6-9-19/h4-6,8-9,16H,7,10-15,17H2,1-3H3,(H,27,31)/t23-,24+. The molecule has 2 aromatic rings. The molecule has 7 heteroatoms. The van der Waals surface area contributed by atoms with Crippen molar-refractivity contribution in [2.45, 2.75) is 50.1 Å². The summed E-state index contributed by atoms with van der Waals surface area (Å²) in [5.74, 6) is 1.64. The highest BCUT2D eigenvalue weighted by atomic mass is 16.2. The molecule has 1 saturated carbocycles. The van der Waals surface area contributed by atoms with Gasteiger partial charge in [-0.2, -0.15) is 0 Å². The predicted octanol–water partition coefficient (Wildman–Crippen LogP) is 3.29. The lowest BCUT2D eigenvalue weighted by atomic mass is 9.69. The molecule has 2 saturated heterocycles. The van der Waals surface area contributed by atoms with E-state index in [1.54, 1.807) is 0 Å². The lowest BCUT2D eigenvalue weighted by Crippen LogP contribution is -2.54. The number of hydrogen-bond donors (Lipinski definition) is 1. The molecule has 3 heterocycles. The van der Waals surface area contributed by atoms with Gasteiger partial charge in [-0.1, -0.05) is 30.3 Å². The summed E-state index contributed by atoms with van der Waals surface area (Å²) < 4.78 is 0. The second kappa shape index (κ2) is 7.48. The van der Waals surface area contributed by atoms with E-state index in [0.717, 1.165) is 56.1 Å². The van der Waals surface area contributed by atoms with Gasteiger partial charge >= 0.3 is 6.03 Å². The van der Waals surface area contributed by atoms with E-state index in [2.05, 4.69) is 69.5 Å². The molecule has 3 fully saturated rings. The predicted molar refractivity (Wildman–Crippen MR) is 122 cm³/mol. The number of nitrogens with one attached hydrogen (secondary N) is 1. The highest BCUT2D eigenvalue weighted by Crippen LogP contribution is 2.47. The molecule has 164 valence electrons. The fourth-order valence-electron chi connectivity index (χ4n) is 5.47. The monoisotopic (exact) mass is 420 g/mol. The van der Waals surface area contributed by atoms with Crippen LogP contribution >= 0.6 is 0 Å². The highest BCUT2D eigenvalue weighted by molar-refractivity contribution is 5.98. The zero-order valence-electron chi connectivity index (χ0n) is 18.8. The molecule has 2 aliphatic heterocycles. The average molecular weight is 421 g/mol. The van der Waals surface area contributed by atoms with Gasteiger partial charge in [0.15, 0.2) is 5.82 Å². The van der Waals surface area contributed by atoms with Gasteiger partial charge in [0.05, 0.1) is 18.3 Å². The second-order valence-electron chi connectivity index (χ2n) is 9.56. The van der Waals surface area contributed by atoms with E-state index in [-0.39, 0.29) is 17.1 Å². The van der Waals surface area contributed by atoms with E-state index in [1.807, 2.05) is 18.0 Å². The molecule has 0 unspecified atom stereocenters. The summed E-state index contributed by atoms with van der Waals surface area (Å²) in [6.45, 7) is 4.57. The van der Waals surface area contributed by atoms with Crippen LogP contribution < -0.4 is 15.1 Å². The molecule has 1 aromatic heterocycles. The summed E-state index contributed by atoms with van der Waals surface area (Å²) in [7, 11) is 4.35. The molecule has 1 aliphatic carbocycles. The van der Waals surface area contributed by atoms with Crippen molar-refractivity contribution in [3.63, 3.8) is 0 Å². The fourth-order valence-corrected chi connectivity index (χ4v) is 5.47. The molecule has 0 bridgehead atoms. The first-order valence-corrected chi connectivity index (χ1v) is 11.3. The Morgan fingerprint density at radius 2 is 1.77 bits per heavy atom. The molecule has 1 aromatic carbocycles. The number of urea groups is 1. The first-order valence-electron chi connectivity index (χ1n) is 11.3. The molecule has 0 atom stereocenters. The normalized spacial score (nSPS) is 28.2. The Hall–Kier alpha value is -2.67. The maximum absolute atomic E-state index is 13.1. The number of amides is 2. The molecule has 0 radical (unpaired) electrons. The van der Waals surface area contributed by atoms with Crippen LogP contribution in [0.5, 0.6) is 0 Å². The molecule has 3 aliphatic rings. The number of carbonyl (C=O) groups is 1. The summed E-state index contributed by atoms with van der Waals surface area (Å²) in [5.41, 5.74) is 2.03. The summed E-state index contributed by atoms with van der Waals surface area (Å²) in [4.78, 5) is 28.7. The molecular formula is C24H32N6O. The van der Waals surface area contributed by atoms with Crippen LogP contribution in [0, 0.1) is 6.92 Å². The average Bonchev–Trinajstić information content (AvgIpc) is 3.04. The number of rotatable bonds is 4. The van der Waals surface area contributed by atoms with Crippen molar-refractivity contribution in [3.05, 3.63) is 47.9 Å². The van der Waals surface area contributed by atoms with Gasteiger partial charge in [0, 0.05) is 18.6 Å². The lowest BCUT2D eigenvalue weighted by Gasteiger charge is -2.48. The van der Waals surface area contributed by atoms with Crippen molar-refractivity contribution in [1.29, 1.82) is 0 Å². The number of hydrogen-bond acceptors (Lipinski definition) is 5. The number of aromatic nitrogens is 2. The van der Waals surface area contributed by atoms with Gasteiger partial charge in [-0.25, -0.2) is 14.8 Å². The summed E-state index contributed by atoms with van der Waals surface area (Å²) in [6.07, 6.45) is 6.93. The van der Waals surface area contributed by atoms with Gasteiger partial charge in [0.25, 0.3) is 0 Å². The van der Waals surface area contributed by atoms with Gasteiger partial charge in [0.1, 0.15) is 11.5 Å². The molecule has 1 spiro atoms. The minimum absolute atomic E-state index is 0.0143. The van der Waals surface area contributed by atoms with Gasteiger partial charge in [-0.3, -0.25) is 9.80 Å². The largest absolute Gasteiger partial charge is 0.355 e. The Morgan fingerprint density at radius 3 is 2.39 bits per heavy atom. The Bertz CT molecular complexity index is 963. The molecule has 31 heavy (non-hydrogen) atoms. The van der Waals surface area contributed by atoms with E-state index < -0.39 is 0 Å². The molecular weight excluding hydrogens is 388 g/mol. The van der Waals surface area contributed by atoms with E-state index in [9.17, 15) is 4.79 Å². The quantitative estimate of drug-likeness (QED) is 0.822. The summed E-state index contributed by atoms with van der Waals surface area (Å²) in [5, 5.41) is 3.36. The van der Waals surface area contributed by atoms with Gasteiger partial charge in [-0.15, -0.1) is 0 Å². The Morgan fingerprint density at radius 1 is 1.06 bits per heavy atom. The SMILES string of the molecule is Cc1ncc(N2C[C@]3(CC[C@](c4ccccc4)(N(C)C)CC3)NC2=O)c(N2CCC2)n1. The van der Waals surface area contributed by atoms with Crippen molar-refractivity contribution < 1.29 is 4.79 Å². The van der Waals surface area contributed by atoms with Crippen LogP contribution in [0.4, 0.5) is 16.3 Å². The number of aryl methyl sites for hydroxylation is 1. The van der Waals surface area contributed by atoms with Gasteiger partial charge in [0.2, 0.25) is 0 Å². The number of benzene rings is 1. The summed E-state index contributed by atoms with van der Waals surface area (Å²) in [6, 6.07) is 10.8. The maximum atomic E-state index is 13.1. The molecule has 2 amide bonds. The first kappa shape index (κ1) is 20.2. The zero-order chi connectivity index (χ0) is 21.6. The van der Waals surface area contributed by atoms with Gasteiger partial charge < -0.3 is 10.2 Å². The number of carbonyl (C=O) groups excluding carboxylic acids is 1. The Balaban J connectivity index is 1.39. The van der Waals surface area contributed by atoms with Gasteiger partial charge in [-0.05, 0) is 58.7 Å². The number of anilines is 2. The Kier molecular flexibility index (Phi) is 4.88. The van der Waals surface area contributed by atoms with E-state index in [4.69, 9.17) is 0 Å². The van der Waals surface area contributed by atoms with Crippen LogP contribution in [0.25, 0.3) is 0 Å². The minimum Gasteiger partial charge on any atom is -0.355 e. The van der Waals surface area contributed by atoms with E-state index in [0.29, 0.717) is 6.54 Å². The minimum atomic E-state index is -0.192. The number of nitrogens with zero attached hydrogens (tertiary/aromatic N) is 5. The smallest absolute Gasteiger partial charge is 0.322 e. The third-order valence-electron chi connectivity index (χ3n) is 7.60. The third-order valence-corrected chi connectivity index (χ3v) is 7.60. The van der Waals surface area contributed by atoms with Crippen LogP contribution in [-0.2, 0) is 5.54 Å². The van der Waals surface area contributed by atoms with Crippen LogP contribution in [0.15, 0.2) is 36.5 Å². The van der Waals surface area contributed by atoms with Crippen molar-refractivity contribution in [2.24, 2.45) is 0 Å². The van der Waals surface area contributed by atoms with Crippen LogP contribution in [0.2, 0.25) is 0 Å². The van der Waals surface area contributed by atoms with Crippen molar-refractivity contribution in [3.8, 4) is 0 Å². The molecule has 1 N–H and O–H groups in total. The van der Waals surface area contributed by atoms with Crippen molar-refractivity contribution in [1.82, 2.24) is 20.2 Å². The molecule has 5 rings (SSSR count). The highest BCUT2D eigenvalue weighted by Gasteiger charge is 2.50. The third kappa shape index (κ3) is 3.35. The lowest BCUT2D eigenvalue weighted by molar-refractivity contribution is 0.0658. The van der Waals surface area contributed by atoms with E-state index >= 15 is 0 Å². The van der Waals surface area contributed by atoms with Crippen LogP contribution in [0.1, 0.15) is 43.5 Å². The van der Waals surface area contributed by atoms with E-state index in [1.165, 1.54) is 12.0 Å². The van der Waals surface area contributed by atoms with Crippen LogP contribution in [0.3, 0.4) is 0 Å². The Labute approximate surface area is 184 Å². The first-order chi connectivity index (χ1) is 14.9. The topological polar surface area (TPSA) is 64.6 Å². The second-order valence-corrected chi connectivity index (χ2v) is 9.56. The van der Waals surface area contributed by atoms with Crippen LogP contribution in [-0.4, -0.2) is 60.2 Å². The van der Waals surface area contributed by atoms with Crippen molar-refractivity contribution >= 4 is 17.5 Å². The molecule has 7 nitrogen and oxygen atoms in total. The van der Waals surface area contributed by atoms with Crippen molar-refractivity contribution in [2.75, 3.05) is 43.5 Å². The fraction of sp³-hybridized carbons (Fsp3) is 0.542. The zero-order valence-corrected chi connectivity index (χ0v) is 18.8. The summed E-state index contributed by atoms with van der Waals surface area (Å²) >= 11 is 0.